The van der Waals surface area contributed by atoms with Crippen molar-refractivity contribution in [2.75, 3.05) is 0 Å². The molecule has 3 rings (SSSR count). The summed E-state index contributed by atoms with van der Waals surface area (Å²) < 4.78 is 0. The van der Waals surface area contributed by atoms with E-state index in [0.717, 1.165) is 18.4 Å². The lowest BCUT2D eigenvalue weighted by Gasteiger charge is -2.38. The predicted octanol–water partition coefficient (Wildman–Crippen LogP) is 4.70. The van der Waals surface area contributed by atoms with Crippen LogP contribution in [0.4, 0.5) is 0 Å². The summed E-state index contributed by atoms with van der Waals surface area (Å²) in [5, 5.41) is 11.5. The van der Waals surface area contributed by atoms with Gasteiger partial charge in [0, 0.05) is 6.42 Å². The summed E-state index contributed by atoms with van der Waals surface area (Å²) >= 11 is 0. The summed E-state index contributed by atoms with van der Waals surface area (Å²) in [5.74, 6) is 0. The maximum absolute atomic E-state index is 11.5. The molecule has 1 aliphatic carbocycles. The Balaban J connectivity index is 2.25. The van der Waals surface area contributed by atoms with Crippen LogP contribution in [0.2, 0.25) is 0 Å². The van der Waals surface area contributed by atoms with Gasteiger partial charge < -0.3 is 5.11 Å². The zero-order chi connectivity index (χ0) is 14.9. The Morgan fingerprint density at radius 3 is 2.24 bits per heavy atom. The van der Waals surface area contributed by atoms with Crippen LogP contribution < -0.4 is 0 Å². The van der Waals surface area contributed by atoms with Gasteiger partial charge in [0.1, 0.15) is 5.60 Å². The average Bonchev–Trinajstić information content (AvgIpc) is 2.54. The molecule has 1 N–H and O–H groups in total. The molecule has 0 spiro atoms. The van der Waals surface area contributed by atoms with Crippen molar-refractivity contribution in [1.29, 1.82) is 0 Å². The van der Waals surface area contributed by atoms with Crippen molar-refractivity contribution in [3.05, 3.63) is 76.9 Å². The van der Waals surface area contributed by atoms with E-state index in [-0.39, 0.29) is 0 Å². The lowest BCUT2D eigenvalue weighted by Crippen LogP contribution is -2.34. The molecule has 1 aliphatic rings. The second-order valence-corrected chi connectivity index (χ2v) is 5.72. The van der Waals surface area contributed by atoms with E-state index in [4.69, 9.17) is 0 Å². The van der Waals surface area contributed by atoms with Crippen LogP contribution in [0.5, 0.6) is 0 Å². The predicted molar refractivity (Wildman–Crippen MR) is 88.0 cm³/mol. The number of hydrogen-bond donors (Lipinski definition) is 1. The van der Waals surface area contributed by atoms with Crippen molar-refractivity contribution in [1.82, 2.24) is 0 Å². The van der Waals surface area contributed by atoms with Gasteiger partial charge in [-0.3, -0.25) is 0 Å². The zero-order valence-corrected chi connectivity index (χ0v) is 12.8. The molecule has 0 aromatic heterocycles. The van der Waals surface area contributed by atoms with E-state index in [1.807, 2.05) is 30.3 Å². The number of rotatable bonds is 3. The number of fused-ring (bicyclic) bond motifs is 1. The Morgan fingerprint density at radius 1 is 0.905 bits per heavy atom. The molecule has 0 fully saturated rings. The molecular formula is C20H22O. The van der Waals surface area contributed by atoms with Crippen LogP contribution >= 0.6 is 0 Å². The molecule has 1 heteroatoms. The number of aliphatic hydroxyl groups is 1. The molecule has 0 heterocycles. The summed E-state index contributed by atoms with van der Waals surface area (Å²) in [7, 11) is 0. The highest BCUT2D eigenvalue weighted by atomic mass is 16.3. The highest BCUT2D eigenvalue weighted by Gasteiger charge is 2.38. The van der Waals surface area contributed by atoms with E-state index >= 15 is 0 Å². The molecule has 1 atom stereocenters. The Hall–Kier alpha value is -1.86. The van der Waals surface area contributed by atoms with Gasteiger partial charge in [-0.2, -0.15) is 0 Å². The van der Waals surface area contributed by atoms with Crippen molar-refractivity contribution in [3.63, 3.8) is 0 Å². The van der Waals surface area contributed by atoms with Crippen LogP contribution in [-0.2, 0) is 12.0 Å². The molecule has 1 unspecified atom stereocenters. The normalized spacial score (nSPS) is 21.3. The fourth-order valence-corrected chi connectivity index (χ4v) is 3.66. The summed E-state index contributed by atoms with van der Waals surface area (Å²) in [6, 6.07) is 18.6. The average molecular weight is 278 g/mol. The Morgan fingerprint density at radius 2 is 1.57 bits per heavy atom. The Kier molecular flexibility index (Phi) is 3.69. The molecule has 1 nitrogen and oxygen atoms in total. The first-order valence-corrected chi connectivity index (χ1v) is 7.79. The zero-order valence-electron chi connectivity index (χ0n) is 12.8. The topological polar surface area (TPSA) is 20.2 Å². The summed E-state index contributed by atoms with van der Waals surface area (Å²) in [6.45, 7) is 4.32. The molecule has 108 valence electrons. The van der Waals surface area contributed by atoms with Gasteiger partial charge in [-0.15, -0.1) is 0 Å². The minimum atomic E-state index is -0.865. The quantitative estimate of drug-likeness (QED) is 0.862. The van der Waals surface area contributed by atoms with Gasteiger partial charge in [-0.05, 0) is 40.7 Å². The van der Waals surface area contributed by atoms with Crippen LogP contribution in [0, 0.1) is 0 Å². The fraction of sp³-hybridized carbons (Fsp3) is 0.300. The molecule has 21 heavy (non-hydrogen) atoms. The number of allylic oxidation sites excluding steroid dienone is 1. The SMILES string of the molecule is CCC1=C(CC)C(O)(c2ccccc2)Cc2ccccc21. The largest absolute Gasteiger partial charge is 0.380 e. The minimum Gasteiger partial charge on any atom is -0.380 e. The van der Waals surface area contributed by atoms with Gasteiger partial charge in [0.25, 0.3) is 0 Å². The van der Waals surface area contributed by atoms with E-state index in [0.29, 0.717) is 6.42 Å². The second-order valence-electron chi connectivity index (χ2n) is 5.72. The van der Waals surface area contributed by atoms with E-state index in [9.17, 15) is 5.11 Å². The Bertz CT molecular complexity index is 669. The van der Waals surface area contributed by atoms with Gasteiger partial charge in [0.15, 0.2) is 0 Å². The van der Waals surface area contributed by atoms with E-state index in [2.05, 4.69) is 38.1 Å². The van der Waals surface area contributed by atoms with Crippen LogP contribution in [-0.4, -0.2) is 5.11 Å². The Labute approximate surface area is 127 Å². The van der Waals surface area contributed by atoms with Gasteiger partial charge in [-0.1, -0.05) is 68.4 Å². The number of hydrogen-bond acceptors (Lipinski definition) is 1. The van der Waals surface area contributed by atoms with Crippen molar-refractivity contribution in [3.8, 4) is 0 Å². The molecule has 0 saturated carbocycles. The fourth-order valence-electron chi connectivity index (χ4n) is 3.66. The molecular weight excluding hydrogens is 256 g/mol. The van der Waals surface area contributed by atoms with Crippen LogP contribution in [0.15, 0.2) is 60.2 Å². The maximum Gasteiger partial charge on any atom is 0.115 e. The van der Waals surface area contributed by atoms with Gasteiger partial charge >= 0.3 is 0 Å². The van der Waals surface area contributed by atoms with E-state index in [1.165, 1.54) is 22.3 Å². The molecule has 2 aromatic rings. The lowest BCUT2D eigenvalue weighted by molar-refractivity contribution is 0.0721. The third-order valence-electron chi connectivity index (χ3n) is 4.61. The molecule has 0 saturated heterocycles. The second kappa shape index (κ2) is 5.50. The maximum atomic E-state index is 11.5. The molecule has 0 radical (unpaired) electrons. The van der Waals surface area contributed by atoms with Crippen LogP contribution in [0.1, 0.15) is 43.4 Å². The standard InChI is InChI=1S/C20H22O/c1-3-17-18-13-9-8-10-15(18)14-20(21,19(17)4-2)16-11-6-5-7-12-16/h5-13,21H,3-4,14H2,1-2H3. The highest BCUT2D eigenvalue weighted by molar-refractivity contribution is 5.75. The van der Waals surface area contributed by atoms with Crippen molar-refractivity contribution >= 4 is 5.57 Å². The number of benzene rings is 2. The molecule has 0 aliphatic heterocycles. The van der Waals surface area contributed by atoms with Crippen LogP contribution in [0.3, 0.4) is 0 Å². The van der Waals surface area contributed by atoms with Crippen LogP contribution in [0.25, 0.3) is 5.57 Å². The van der Waals surface area contributed by atoms with E-state index < -0.39 is 5.60 Å². The third-order valence-corrected chi connectivity index (χ3v) is 4.61. The first-order chi connectivity index (χ1) is 10.2. The monoisotopic (exact) mass is 278 g/mol. The van der Waals surface area contributed by atoms with Crippen molar-refractivity contribution < 1.29 is 5.11 Å². The molecule has 0 bridgehead atoms. The van der Waals surface area contributed by atoms with Gasteiger partial charge in [-0.25, -0.2) is 0 Å². The van der Waals surface area contributed by atoms with E-state index in [1.54, 1.807) is 0 Å². The van der Waals surface area contributed by atoms with Crippen molar-refractivity contribution in [2.45, 2.75) is 38.7 Å². The third kappa shape index (κ3) is 2.22. The molecule has 2 aromatic carbocycles. The highest BCUT2D eigenvalue weighted by Crippen LogP contribution is 2.45. The smallest absolute Gasteiger partial charge is 0.115 e. The first-order valence-electron chi connectivity index (χ1n) is 7.79. The van der Waals surface area contributed by atoms with Gasteiger partial charge in [0.05, 0.1) is 0 Å². The lowest BCUT2D eigenvalue weighted by atomic mass is 9.71. The summed E-state index contributed by atoms with van der Waals surface area (Å²) in [6.07, 6.45) is 2.50. The summed E-state index contributed by atoms with van der Waals surface area (Å²) in [5.41, 5.74) is 5.19. The van der Waals surface area contributed by atoms with Gasteiger partial charge in [0.2, 0.25) is 0 Å². The summed E-state index contributed by atoms with van der Waals surface area (Å²) in [4.78, 5) is 0. The van der Waals surface area contributed by atoms with Crippen molar-refractivity contribution in [2.24, 2.45) is 0 Å². The minimum absolute atomic E-state index is 0.667. The molecule has 0 amide bonds. The first kappa shape index (κ1) is 14.1.